The SMILES string of the molecule is Cc1cc(Sc2n[nH]c(=O)n2C2CC2)ccc1CN. The summed E-state index contributed by atoms with van der Waals surface area (Å²) in [7, 11) is 0. The molecule has 19 heavy (non-hydrogen) atoms. The zero-order valence-electron chi connectivity index (χ0n) is 10.7. The van der Waals surface area contributed by atoms with E-state index in [0.29, 0.717) is 12.6 Å². The summed E-state index contributed by atoms with van der Waals surface area (Å²) in [5.41, 5.74) is 7.86. The van der Waals surface area contributed by atoms with E-state index in [-0.39, 0.29) is 5.69 Å². The minimum absolute atomic E-state index is 0.111. The van der Waals surface area contributed by atoms with Gasteiger partial charge in [-0.15, -0.1) is 5.10 Å². The lowest BCUT2D eigenvalue weighted by atomic mass is 10.1. The van der Waals surface area contributed by atoms with Gasteiger partial charge >= 0.3 is 5.69 Å². The predicted octanol–water partition coefficient (Wildman–Crippen LogP) is 1.82. The molecule has 3 rings (SSSR count). The molecule has 0 amide bonds. The van der Waals surface area contributed by atoms with Gasteiger partial charge in [-0.05, 0) is 54.8 Å². The molecule has 2 aromatic rings. The standard InChI is InChI=1S/C13H16N4OS/c1-8-6-11(5-2-9(8)7-14)19-13-16-15-12(18)17(13)10-3-4-10/h2,5-6,10H,3-4,7,14H2,1H3,(H,15,18). The highest BCUT2D eigenvalue weighted by Gasteiger charge is 2.28. The molecule has 6 heteroatoms. The van der Waals surface area contributed by atoms with Crippen molar-refractivity contribution in [3.05, 3.63) is 39.8 Å². The fourth-order valence-corrected chi connectivity index (χ4v) is 3.09. The number of nitrogens with zero attached hydrogens (tertiary/aromatic N) is 2. The molecule has 1 aromatic carbocycles. The Hall–Kier alpha value is -1.53. The number of hydrogen-bond acceptors (Lipinski definition) is 4. The maximum absolute atomic E-state index is 11.7. The summed E-state index contributed by atoms with van der Waals surface area (Å²) in [4.78, 5) is 12.8. The second-order valence-corrected chi connectivity index (χ2v) is 5.85. The molecule has 0 atom stereocenters. The number of benzene rings is 1. The first-order valence-electron chi connectivity index (χ1n) is 6.33. The van der Waals surface area contributed by atoms with E-state index in [1.807, 2.05) is 19.1 Å². The Labute approximate surface area is 115 Å². The summed E-state index contributed by atoms with van der Waals surface area (Å²) in [5.74, 6) is 0. The summed E-state index contributed by atoms with van der Waals surface area (Å²) in [6.45, 7) is 2.59. The van der Waals surface area contributed by atoms with E-state index in [2.05, 4.69) is 16.3 Å². The topological polar surface area (TPSA) is 76.7 Å². The van der Waals surface area contributed by atoms with Gasteiger partial charge in [0.05, 0.1) is 0 Å². The van der Waals surface area contributed by atoms with E-state index in [9.17, 15) is 4.79 Å². The van der Waals surface area contributed by atoms with Gasteiger partial charge in [-0.3, -0.25) is 4.57 Å². The largest absolute Gasteiger partial charge is 0.344 e. The first-order chi connectivity index (χ1) is 9.19. The van der Waals surface area contributed by atoms with Crippen LogP contribution in [0.4, 0.5) is 0 Å². The lowest BCUT2D eigenvalue weighted by Gasteiger charge is -2.07. The Morgan fingerprint density at radius 3 is 2.95 bits per heavy atom. The molecule has 1 aliphatic carbocycles. The fourth-order valence-electron chi connectivity index (χ4n) is 2.08. The minimum atomic E-state index is -0.111. The summed E-state index contributed by atoms with van der Waals surface area (Å²) < 4.78 is 1.76. The number of rotatable bonds is 4. The normalized spacial score (nSPS) is 14.8. The predicted molar refractivity (Wildman–Crippen MR) is 74.3 cm³/mol. The number of hydrogen-bond donors (Lipinski definition) is 2. The third-order valence-corrected chi connectivity index (χ3v) is 4.29. The van der Waals surface area contributed by atoms with Crippen molar-refractivity contribution in [2.75, 3.05) is 0 Å². The van der Waals surface area contributed by atoms with Crippen molar-refractivity contribution >= 4 is 11.8 Å². The van der Waals surface area contributed by atoms with E-state index in [4.69, 9.17) is 5.73 Å². The number of nitrogens with one attached hydrogen (secondary N) is 1. The Morgan fingerprint density at radius 1 is 1.53 bits per heavy atom. The second-order valence-electron chi connectivity index (χ2n) is 4.81. The maximum Gasteiger partial charge on any atom is 0.344 e. The fraction of sp³-hybridized carbons (Fsp3) is 0.385. The van der Waals surface area contributed by atoms with Crippen LogP contribution in [0.15, 0.2) is 33.0 Å². The molecule has 1 fully saturated rings. The molecule has 3 N–H and O–H groups in total. The van der Waals surface area contributed by atoms with Crippen LogP contribution in [0, 0.1) is 6.92 Å². The Bertz CT molecular complexity index is 657. The summed E-state index contributed by atoms with van der Waals surface area (Å²) in [6, 6.07) is 6.47. The molecule has 0 saturated heterocycles. The van der Waals surface area contributed by atoms with Gasteiger partial charge in [0.2, 0.25) is 0 Å². The average Bonchev–Trinajstić information content (AvgIpc) is 3.15. The van der Waals surface area contributed by atoms with Crippen LogP contribution in [0.3, 0.4) is 0 Å². The highest BCUT2D eigenvalue weighted by Crippen LogP contribution is 2.37. The molecule has 100 valence electrons. The van der Waals surface area contributed by atoms with Gasteiger partial charge in [-0.1, -0.05) is 6.07 Å². The van der Waals surface area contributed by atoms with E-state index in [1.54, 1.807) is 4.57 Å². The number of aryl methyl sites for hydroxylation is 1. The van der Waals surface area contributed by atoms with Gasteiger partial charge in [0.15, 0.2) is 5.16 Å². The van der Waals surface area contributed by atoms with Gasteiger partial charge in [-0.25, -0.2) is 9.89 Å². The van der Waals surface area contributed by atoms with Gasteiger partial charge in [0.25, 0.3) is 0 Å². The smallest absolute Gasteiger partial charge is 0.326 e. The monoisotopic (exact) mass is 276 g/mol. The molecule has 0 radical (unpaired) electrons. The quantitative estimate of drug-likeness (QED) is 0.893. The molecule has 0 aliphatic heterocycles. The lowest BCUT2D eigenvalue weighted by molar-refractivity contribution is 0.642. The van der Waals surface area contributed by atoms with Crippen LogP contribution >= 0.6 is 11.8 Å². The minimum Gasteiger partial charge on any atom is -0.326 e. The van der Waals surface area contributed by atoms with Crippen molar-refractivity contribution in [1.29, 1.82) is 0 Å². The van der Waals surface area contributed by atoms with E-state index < -0.39 is 0 Å². The van der Waals surface area contributed by atoms with Crippen LogP contribution in [-0.2, 0) is 6.54 Å². The highest BCUT2D eigenvalue weighted by molar-refractivity contribution is 7.99. The molecular formula is C13H16N4OS. The van der Waals surface area contributed by atoms with Crippen LogP contribution in [0.1, 0.15) is 30.0 Å². The Balaban J connectivity index is 1.89. The average molecular weight is 276 g/mol. The second kappa shape index (κ2) is 4.86. The Kier molecular flexibility index (Phi) is 3.20. The summed E-state index contributed by atoms with van der Waals surface area (Å²) in [5, 5.41) is 7.38. The third-order valence-electron chi connectivity index (χ3n) is 3.33. The van der Waals surface area contributed by atoms with Crippen molar-refractivity contribution < 1.29 is 0 Å². The van der Waals surface area contributed by atoms with Crippen molar-refractivity contribution in [3.8, 4) is 0 Å². The molecule has 0 unspecified atom stereocenters. The molecule has 1 aromatic heterocycles. The molecule has 1 aliphatic rings. The zero-order chi connectivity index (χ0) is 13.4. The molecule has 0 bridgehead atoms. The van der Waals surface area contributed by atoms with Crippen molar-refractivity contribution in [1.82, 2.24) is 14.8 Å². The van der Waals surface area contributed by atoms with Crippen LogP contribution < -0.4 is 11.4 Å². The number of nitrogens with two attached hydrogens (primary N) is 1. The maximum atomic E-state index is 11.7. The first kappa shape index (κ1) is 12.5. The van der Waals surface area contributed by atoms with Gasteiger partial charge in [-0.2, -0.15) is 0 Å². The molecule has 1 saturated carbocycles. The van der Waals surface area contributed by atoms with Gasteiger partial charge < -0.3 is 5.73 Å². The van der Waals surface area contributed by atoms with Crippen LogP contribution in [0.5, 0.6) is 0 Å². The van der Waals surface area contributed by atoms with Gasteiger partial charge in [0, 0.05) is 17.5 Å². The van der Waals surface area contributed by atoms with Crippen molar-refractivity contribution in [2.45, 2.75) is 42.4 Å². The van der Waals surface area contributed by atoms with E-state index in [0.717, 1.165) is 28.5 Å². The van der Waals surface area contributed by atoms with Crippen LogP contribution in [0.25, 0.3) is 0 Å². The van der Waals surface area contributed by atoms with E-state index in [1.165, 1.54) is 17.3 Å². The van der Waals surface area contributed by atoms with Crippen molar-refractivity contribution in [3.63, 3.8) is 0 Å². The number of H-pyrrole nitrogens is 1. The first-order valence-corrected chi connectivity index (χ1v) is 7.15. The van der Waals surface area contributed by atoms with Crippen LogP contribution in [0.2, 0.25) is 0 Å². The summed E-state index contributed by atoms with van der Waals surface area (Å²) in [6.07, 6.45) is 2.14. The van der Waals surface area contributed by atoms with Crippen molar-refractivity contribution in [2.24, 2.45) is 5.73 Å². The molecular weight excluding hydrogens is 260 g/mol. The zero-order valence-corrected chi connectivity index (χ0v) is 11.5. The highest BCUT2D eigenvalue weighted by atomic mass is 32.2. The molecule has 5 nitrogen and oxygen atoms in total. The molecule has 1 heterocycles. The lowest BCUT2D eigenvalue weighted by Crippen LogP contribution is -2.15. The summed E-state index contributed by atoms with van der Waals surface area (Å²) >= 11 is 1.52. The van der Waals surface area contributed by atoms with E-state index >= 15 is 0 Å². The Morgan fingerprint density at radius 2 is 2.32 bits per heavy atom. The number of aromatic amines is 1. The number of aromatic nitrogens is 3. The van der Waals surface area contributed by atoms with Crippen LogP contribution in [-0.4, -0.2) is 14.8 Å². The third kappa shape index (κ3) is 2.46. The molecule has 0 spiro atoms. The van der Waals surface area contributed by atoms with Gasteiger partial charge in [0.1, 0.15) is 0 Å².